The number of hydrogen-bond acceptors (Lipinski definition) is 3. The van der Waals surface area contributed by atoms with Gasteiger partial charge < -0.3 is 15.8 Å². The Balaban J connectivity index is 0.00000289. The summed E-state index contributed by atoms with van der Waals surface area (Å²) in [6.07, 6.45) is -0.142. The van der Waals surface area contributed by atoms with Crippen LogP contribution >= 0.6 is 24.0 Å². The van der Waals surface area contributed by atoms with Gasteiger partial charge in [-0.2, -0.15) is 0 Å². The Hall–Kier alpha value is -0.970. The average molecular weight is 293 g/mol. The third-order valence-corrected chi connectivity index (χ3v) is 2.35. The number of nitrogens with one attached hydrogen (secondary N) is 1. The molecule has 3 N–H and O–H groups in total. The summed E-state index contributed by atoms with van der Waals surface area (Å²) in [4.78, 5) is 11.2. The van der Waals surface area contributed by atoms with Crippen LogP contribution in [0.2, 0.25) is 5.02 Å². The first-order valence-electron chi connectivity index (χ1n) is 5.44. The Labute approximate surface area is 118 Å². The Morgan fingerprint density at radius 2 is 2.17 bits per heavy atom. The molecule has 0 aliphatic rings. The molecular formula is C12H18Cl2N2O2. The van der Waals surface area contributed by atoms with E-state index in [1.165, 1.54) is 0 Å². The van der Waals surface area contributed by atoms with E-state index in [0.29, 0.717) is 17.3 Å². The number of nitrogens with two attached hydrogens (primary N) is 1. The summed E-state index contributed by atoms with van der Waals surface area (Å²) in [6, 6.07) is 6.62. The fraction of sp³-hybridized carbons (Fsp3) is 0.417. The van der Waals surface area contributed by atoms with Gasteiger partial charge in [0.1, 0.15) is 11.9 Å². The zero-order chi connectivity index (χ0) is 12.8. The smallest absolute Gasteiger partial charge is 0.236 e. The normalized spacial score (nSPS) is 13.1. The molecule has 0 aromatic heterocycles. The number of halogens is 2. The lowest BCUT2D eigenvalue weighted by Gasteiger charge is -2.16. The molecular weight excluding hydrogens is 275 g/mol. The molecule has 0 spiro atoms. The molecule has 1 aromatic rings. The molecule has 102 valence electrons. The number of benzene rings is 1. The zero-order valence-electron chi connectivity index (χ0n) is 10.4. The van der Waals surface area contributed by atoms with Gasteiger partial charge in [-0.25, -0.2) is 0 Å². The van der Waals surface area contributed by atoms with E-state index in [4.69, 9.17) is 22.1 Å². The van der Waals surface area contributed by atoms with Crippen molar-refractivity contribution in [2.45, 2.75) is 26.0 Å². The van der Waals surface area contributed by atoms with E-state index >= 15 is 0 Å². The average Bonchev–Trinajstić information content (AvgIpc) is 2.25. The number of ether oxygens (including phenoxy) is 1. The van der Waals surface area contributed by atoms with E-state index in [-0.39, 0.29) is 24.4 Å². The van der Waals surface area contributed by atoms with Crippen molar-refractivity contribution in [2.24, 2.45) is 5.73 Å². The Morgan fingerprint density at radius 1 is 1.50 bits per heavy atom. The summed E-state index contributed by atoms with van der Waals surface area (Å²) in [5.41, 5.74) is 5.42. The molecule has 1 rings (SSSR count). The third-order valence-electron chi connectivity index (χ3n) is 2.11. The lowest BCUT2D eigenvalue weighted by atomic mass is 10.3. The number of amides is 1. The van der Waals surface area contributed by atoms with Gasteiger partial charge >= 0.3 is 0 Å². The molecule has 0 bridgehead atoms. The Morgan fingerprint density at radius 3 is 2.72 bits per heavy atom. The molecule has 1 amide bonds. The Kier molecular flexibility index (Phi) is 7.75. The number of hydrogen-bond donors (Lipinski definition) is 2. The highest BCUT2D eigenvalue weighted by Crippen LogP contribution is 2.18. The second-order valence-electron chi connectivity index (χ2n) is 3.92. The van der Waals surface area contributed by atoms with Gasteiger partial charge in [-0.3, -0.25) is 4.79 Å². The highest BCUT2D eigenvalue weighted by atomic mass is 35.5. The third kappa shape index (κ3) is 6.10. The standard InChI is InChI=1S/C12H17ClN2O2.ClH/c1-8(7-15-12(16)9(2)14)17-11-5-3-4-10(13)6-11;/h3-6,8-9H,7,14H2,1-2H3,(H,15,16);1H/t8?,9-;/m0./s1. The minimum Gasteiger partial charge on any atom is -0.489 e. The highest BCUT2D eigenvalue weighted by molar-refractivity contribution is 6.30. The molecule has 0 aliphatic carbocycles. The predicted molar refractivity (Wildman–Crippen MR) is 75.4 cm³/mol. The topological polar surface area (TPSA) is 64.4 Å². The summed E-state index contributed by atoms with van der Waals surface area (Å²) < 4.78 is 5.59. The molecule has 6 heteroatoms. The quantitative estimate of drug-likeness (QED) is 0.872. The van der Waals surface area contributed by atoms with Crippen molar-refractivity contribution in [2.75, 3.05) is 6.54 Å². The van der Waals surface area contributed by atoms with Gasteiger partial charge in [0, 0.05) is 5.02 Å². The van der Waals surface area contributed by atoms with E-state index in [1.54, 1.807) is 19.1 Å². The second kappa shape index (κ2) is 8.19. The largest absolute Gasteiger partial charge is 0.489 e. The van der Waals surface area contributed by atoms with Crippen molar-refractivity contribution in [1.82, 2.24) is 5.32 Å². The molecule has 0 heterocycles. The van der Waals surface area contributed by atoms with Crippen LogP contribution in [0.5, 0.6) is 5.75 Å². The molecule has 18 heavy (non-hydrogen) atoms. The molecule has 2 atom stereocenters. The molecule has 0 aliphatic heterocycles. The van der Waals surface area contributed by atoms with Crippen molar-refractivity contribution >= 4 is 29.9 Å². The van der Waals surface area contributed by atoms with Gasteiger partial charge in [-0.05, 0) is 32.0 Å². The van der Waals surface area contributed by atoms with Crippen LogP contribution in [-0.2, 0) is 4.79 Å². The van der Waals surface area contributed by atoms with Gasteiger partial charge in [-0.15, -0.1) is 12.4 Å². The summed E-state index contributed by atoms with van der Waals surface area (Å²) in [6.45, 7) is 3.91. The fourth-order valence-electron chi connectivity index (χ4n) is 1.22. The van der Waals surface area contributed by atoms with Crippen LogP contribution in [0.1, 0.15) is 13.8 Å². The van der Waals surface area contributed by atoms with Crippen molar-refractivity contribution in [3.8, 4) is 5.75 Å². The SMILES string of the molecule is CC(CNC(=O)[C@H](C)N)Oc1cccc(Cl)c1.Cl. The van der Waals surface area contributed by atoms with Gasteiger partial charge in [0.15, 0.2) is 0 Å². The van der Waals surface area contributed by atoms with Crippen LogP contribution in [0.15, 0.2) is 24.3 Å². The maximum atomic E-state index is 11.2. The lowest BCUT2D eigenvalue weighted by molar-refractivity contribution is -0.122. The molecule has 0 radical (unpaired) electrons. The molecule has 0 saturated heterocycles. The van der Waals surface area contributed by atoms with Crippen LogP contribution < -0.4 is 15.8 Å². The number of carbonyl (C=O) groups excluding carboxylic acids is 1. The van der Waals surface area contributed by atoms with Crippen LogP contribution in [-0.4, -0.2) is 24.6 Å². The van der Waals surface area contributed by atoms with Crippen molar-refractivity contribution in [3.05, 3.63) is 29.3 Å². The van der Waals surface area contributed by atoms with E-state index in [9.17, 15) is 4.79 Å². The van der Waals surface area contributed by atoms with Crippen LogP contribution in [0.3, 0.4) is 0 Å². The minimum absolute atomic E-state index is 0. The number of rotatable bonds is 5. The molecule has 1 aromatic carbocycles. The van der Waals surface area contributed by atoms with Gasteiger partial charge in [-0.1, -0.05) is 17.7 Å². The summed E-state index contributed by atoms with van der Waals surface area (Å²) in [7, 11) is 0. The minimum atomic E-state index is -0.506. The van der Waals surface area contributed by atoms with Crippen molar-refractivity contribution in [3.63, 3.8) is 0 Å². The van der Waals surface area contributed by atoms with Crippen LogP contribution in [0.25, 0.3) is 0 Å². The lowest BCUT2D eigenvalue weighted by Crippen LogP contribution is -2.42. The van der Waals surface area contributed by atoms with Gasteiger partial charge in [0.05, 0.1) is 12.6 Å². The molecule has 0 fully saturated rings. The zero-order valence-corrected chi connectivity index (χ0v) is 11.9. The predicted octanol–water partition coefficient (Wildman–Crippen LogP) is 1.99. The fourth-order valence-corrected chi connectivity index (χ4v) is 1.40. The maximum absolute atomic E-state index is 11.2. The summed E-state index contributed by atoms with van der Waals surface area (Å²) in [5.74, 6) is 0.492. The van der Waals surface area contributed by atoms with Crippen LogP contribution in [0.4, 0.5) is 0 Å². The first-order chi connectivity index (χ1) is 7.99. The molecule has 4 nitrogen and oxygen atoms in total. The van der Waals surface area contributed by atoms with E-state index in [2.05, 4.69) is 5.32 Å². The van der Waals surface area contributed by atoms with Crippen molar-refractivity contribution in [1.29, 1.82) is 0 Å². The summed E-state index contributed by atoms with van der Waals surface area (Å²) >= 11 is 5.83. The van der Waals surface area contributed by atoms with E-state index < -0.39 is 6.04 Å². The second-order valence-corrected chi connectivity index (χ2v) is 4.36. The van der Waals surface area contributed by atoms with E-state index in [0.717, 1.165) is 0 Å². The monoisotopic (exact) mass is 292 g/mol. The van der Waals surface area contributed by atoms with Gasteiger partial charge in [0.2, 0.25) is 5.91 Å². The maximum Gasteiger partial charge on any atom is 0.236 e. The van der Waals surface area contributed by atoms with Gasteiger partial charge in [0.25, 0.3) is 0 Å². The molecule has 1 unspecified atom stereocenters. The highest BCUT2D eigenvalue weighted by Gasteiger charge is 2.10. The first kappa shape index (κ1) is 17.0. The number of carbonyl (C=O) groups is 1. The molecule has 0 saturated carbocycles. The Bertz CT molecular complexity index is 386. The first-order valence-corrected chi connectivity index (χ1v) is 5.82. The summed E-state index contributed by atoms with van der Waals surface area (Å²) in [5, 5.41) is 3.31. The van der Waals surface area contributed by atoms with E-state index in [1.807, 2.05) is 19.1 Å². The van der Waals surface area contributed by atoms with Crippen LogP contribution in [0, 0.1) is 0 Å². The van der Waals surface area contributed by atoms with Crippen molar-refractivity contribution < 1.29 is 9.53 Å².